The molecule has 0 aromatic heterocycles. The summed E-state index contributed by atoms with van der Waals surface area (Å²) in [5.41, 5.74) is 2.31. The molecule has 0 heterocycles. The van der Waals surface area contributed by atoms with Crippen LogP contribution in [0.25, 0.3) is 0 Å². The lowest BCUT2D eigenvalue weighted by Gasteiger charge is -2.25. The monoisotopic (exact) mass is 372 g/mol. The second-order valence-corrected chi connectivity index (χ2v) is 9.08. The van der Waals surface area contributed by atoms with Crippen molar-refractivity contribution in [3.63, 3.8) is 0 Å². The average Bonchev–Trinajstić information content (AvgIpc) is 3.47. The predicted octanol–water partition coefficient (Wildman–Crippen LogP) is 4.48. The summed E-state index contributed by atoms with van der Waals surface area (Å²) in [5.74, 6) is 0.719. The number of hydrogen-bond donors (Lipinski definition) is 0. The van der Waals surface area contributed by atoms with E-state index in [0.29, 0.717) is 19.8 Å². The first-order valence-corrected chi connectivity index (χ1v) is 10.7. The molecule has 3 rings (SSSR count). The van der Waals surface area contributed by atoms with Gasteiger partial charge in [0.1, 0.15) is 10.5 Å². The lowest BCUT2D eigenvalue weighted by Crippen LogP contribution is -2.33. The summed E-state index contributed by atoms with van der Waals surface area (Å²) < 4.78 is 24.5. The molecule has 1 aliphatic rings. The van der Waals surface area contributed by atoms with Crippen molar-refractivity contribution in [3.05, 3.63) is 71.8 Å². The van der Waals surface area contributed by atoms with Crippen LogP contribution in [0.4, 0.5) is 0 Å². The Hall–Kier alpha value is -1.33. The average molecular weight is 373 g/mol. The van der Waals surface area contributed by atoms with E-state index >= 15 is 0 Å². The van der Waals surface area contributed by atoms with Crippen molar-refractivity contribution >= 4 is 11.2 Å². The minimum Gasteiger partial charge on any atom is -0.616 e. The molecule has 0 spiro atoms. The van der Waals surface area contributed by atoms with E-state index in [0.717, 1.165) is 36.1 Å². The molecule has 2 aromatic rings. The summed E-state index contributed by atoms with van der Waals surface area (Å²) in [4.78, 5) is 0. The van der Waals surface area contributed by atoms with E-state index in [9.17, 15) is 4.55 Å². The largest absolute Gasteiger partial charge is 0.616 e. The lowest BCUT2D eigenvalue weighted by atomic mass is 10.1. The minimum absolute atomic E-state index is 0.0306. The molecular weight excluding hydrogens is 344 g/mol. The first kappa shape index (κ1) is 19.4. The van der Waals surface area contributed by atoms with Crippen LogP contribution in [0.5, 0.6) is 0 Å². The molecule has 2 unspecified atom stereocenters. The summed E-state index contributed by atoms with van der Waals surface area (Å²) in [6, 6.07) is 20.4. The van der Waals surface area contributed by atoms with Gasteiger partial charge in [-0.1, -0.05) is 60.7 Å². The molecule has 2 atom stereocenters. The lowest BCUT2D eigenvalue weighted by molar-refractivity contribution is -0.0345. The Morgan fingerprint density at radius 2 is 1.54 bits per heavy atom. The minimum atomic E-state index is -0.772. The number of benzene rings is 2. The molecule has 3 nitrogen and oxygen atoms in total. The molecule has 1 saturated carbocycles. The first-order valence-electron chi connectivity index (χ1n) is 9.37. The number of ether oxygens (including phenoxy) is 2. The van der Waals surface area contributed by atoms with E-state index in [-0.39, 0.29) is 10.9 Å². The second-order valence-electron chi connectivity index (χ2n) is 6.94. The van der Waals surface area contributed by atoms with Gasteiger partial charge in [0, 0.05) is 19.3 Å². The van der Waals surface area contributed by atoms with Gasteiger partial charge in [-0.3, -0.25) is 0 Å². The third-order valence-electron chi connectivity index (χ3n) is 4.90. The van der Waals surface area contributed by atoms with E-state index in [1.54, 1.807) is 0 Å². The standard InChI is InChI=1S/C22H28O3S/c1-2-26(23)22(13-14-22)15-21(25-17-20-11-7-4-8-12-20)18-24-16-19-9-5-3-6-10-19/h3-12,21H,2,13-18H2,1H3. The van der Waals surface area contributed by atoms with Gasteiger partial charge in [0.15, 0.2) is 0 Å². The van der Waals surface area contributed by atoms with E-state index in [2.05, 4.69) is 24.3 Å². The molecule has 0 amide bonds. The van der Waals surface area contributed by atoms with Crippen LogP contribution >= 0.6 is 0 Å². The number of hydrogen-bond acceptors (Lipinski definition) is 3. The quantitative estimate of drug-likeness (QED) is 0.546. The molecule has 0 N–H and O–H groups in total. The van der Waals surface area contributed by atoms with Gasteiger partial charge >= 0.3 is 0 Å². The van der Waals surface area contributed by atoms with Crippen LogP contribution < -0.4 is 0 Å². The Morgan fingerprint density at radius 3 is 2.08 bits per heavy atom. The number of rotatable bonds is 11. The molecule has 0 radical (unpaired) electrons. The van der Waals surface area contributed by atoms with Gasteiger partial charge in [0.05, 0.1) is 25.9 Å². The van der Waals surface area contributed by atoms with Crippen molar-refractivity contribution in [3.8, 4) is 0 Å². The molecule has 0 saturated heterocycles. The zero-order valence-corrected chi connectivity index (χ0v) is 16.3. The SMILES string of the molecule is CC[S+]([O-])C1(CC(COCc2ccccc2)OCc2ccccc2)CC1. The van der Waals surface area contributed by atoms with E-state index in [1.807, 2.05) is 43.3 Å². The van der Waals surface area contributed by atoms with Crippen molar-refractivity contribution < 1.29 is 14.0 Å². The van der Waals surface area contributed by atoms with Crippen molar-refractivity contribution in [2.24, 2.45) is 0 Å². The van der Waals surface area contributed by atoms with Gasteiger partial charge < -0.3 is 14.0 Å². The highest BCUT2D eigenvalue weighted by molar-refractivity contribution is 7.93. The van der Waals surface area contributed by atoms with Gasteiger partial charge in [0.25, 0.3) is 0 Å². The molecule has 0 bridgehead atoms. The van der Waals surface area contributed by atoms with Crippen molar-refractivity contribution in [1.82, 2.24) is 0 Å². The van der Waals surface area contributed by atoms with Crippen LogP contribution in [-0.4, -0.2) is 27.8 Å². The maximum absolute atomic E-state index is 12.4. The fourth-order valence-corrected chi connectivity index (χ4v) is 4.76. The van der Waals surface area contributed by atoms with E-state index < -0.39 is 11.2 Å². The molecule has 2 aromatic carbocycles. The van der Waals surface area contributed by atoms with Crippen LogP contribution in [-0.2, 0) is 33.9 Å². The molecular formula is C22H28O3S. The highest BCUT2D eigenvalue weighted by Gasteiger charge is 2.54. The molecule has 0 aliphatic heterocycles. The molecule has 1 fully saturated rings. The van der Waals surface area contributed by atoms with Gasteiger partial charge in [-0.05, 0) is 29.2 Å². The summed E-state index contributed by atoms with van der Waals surface area (Å²) in [6.45, 7) is 3.68. The third-order valence-corrected chi connectivity index (χ3v) is 6.96. The summed E-state index contributed by atoms with van der Waals surface area (Å²) >= 11 is -0.772. The fraction of sp³-hybridized carbons (Fsp3) is 0.455. The van der Waals surface area contributed by atoms with E-state index in [1.165, 1.54) is 0 Å². The summed E-state index contributed by atoms with van der Waals surface area (Å²) in [6.07, 6.45) is 2.86. The van der Waals surface area contributed by atoms with Crippen LogP contribution in [0.15, 0.2) is 60.7 Å². The Kier molecular flexibility index (Phi) is 7.15. The van der Waals surface area contributed by atoms with Gasteiger partial charge in [-0.25, -0.2) is 0 Å². The van der Waals surface area contributed by atoms with Crippen LogP contribution in [0.2, 0.25) is 0 Å². The Balaban J connectivity index is 1.55. The fourth-order valence-electron chi connectivity index (χ4n) is 3.22. The zero-order valence-electron chi connectivity index (χ0n) is 15.4. The zero-order chi connectivity index (χ0) is 18.2. The van der Waals surface area contributed by atoms with Gasteiger partial charge in [0.2, 0.25) is 0 Å². The Labute approximate surface area is 159 Å². The molecule has 1 aliphatic carbocycles. The molecule has 4 heteroatoms. The maximum Gasteiger partial charge on any atom is 0.128 e. The highest BCUT2D eigenvalue weighted by Crippen LogP contribution is 2.48. The first-order chi connectivity index (χ1) is 12.7. The topological polar surface area (TPSA) is 41.5 Å². The molecule has 26 heavy (non-hydrogen) atoms. The molecule has 140 valence electrons. The van der Waals surface area contributed by atoms with Crippen LogP contribution in [0.3, 0.4) is 0 Å². The van der Waals surface area contributed by atoms with Crippen molar-refractivity contribution in [2.75, 3.05) is 12.4 Å². The normalized spacial score (nSPS) is 17.6. The van der Waals surface area contributed by atoms with Crippen molar-refractivity contribution in [1.29, 1.82) is 0 Å². The summed E-state index contributed by atoms with van der Waals surface area (Å²) in [5, 5.41) is 0. The van der Waals surface area contributed by atoms with Crippen molar-refractivity contribution in [2.45, 2.75) is 50.3 Å². The van der Waals surface area contributed by atoms with Crippen LogP contribution in [0, 0.1) is 0 Å². The smallest absolute Gasteiger partial charge is 0.128 e. The highest BCUT2D eigenvalue weighted by atomic mass is 32.2. The predicted molar refractivity (Wildman–Crippen MR) is 106 cm³/mol. The third kappa shape index (κ3) is 5.58. The summed E-state index contributed by atoms with van der Waals surface area (Å²) in [7, 11) is 0. The maximum atomic E-state index is 12.4. The van der Waals surface area contributed by atoms with Crippen LogP contribution in [0.1, 0.15) is 37.3 Å². The van der Waals surface area contributed by atoms with E-state index in [4.69, 9.17) is 9.47 Å². The van der Waals surface area contributed by atoms with Gasteiger partial charge in [-0.2, -0.15) is 0 Å². The Bertz CT molecular complexity index is 643. The second kappa shape index (κ2) is 9.56. The Morgan fingerprint density at radius 1 is 0.962 bits per heavy atom. The van der Waals surface area contributed by atoms with Gasteiger partial charge in [-0.15, -0.1) is 0 Å².